The fraction of sp³-hybridized carbons (Fsp3) is 0.429. The molecule has 1 rings (SSSR count). The molecule has 1 aromatic rings. The quantitative estimate of drug-likeness (QED) is 0.707. The summed E-state index contributed by atoms with van der Waals surface area (Å²) < 4.78 is 0. The van der Waals surface area contributed by atoms with Crippen LogP contribution in [0, 0.1) is 0 Å². The van der Waals surface area contributed by atoms with Crippen molar-refractivity contribution in [2.45, 2.75) is 32.4 Å². The lowest BCUT2D eigenvalue weighted by Crippen LogP contribution is -2.48. The van der Waals surface area contributed by atoms with Gasteiger partial charge in [0, 0.05) is 5.56 Å². The first-order valence-electron chi connectivity index (χ1n) is 6.35. The van der Waals surface area contributed by atoms with Crippen LogP contribution in [0.25, 0.3) is 0 Å². The second-order valence-electron chi connectivity index (χ2n) is 4.36. The van der Waals surface area contributed by atoms with Crippen LogP contribution in [0.15, 0.2) is 30.3 Å². The van der Waals surface area contributed by atoms with Gasteiger partial charge in [0.2, 0.25) is 5.91 Å². The fourth-order valence-electron chi connectivity index (χ4n) is 1.54. The standard InChI is InChI=1S/C14H20N2O3/c1-3-12(9-17)16-13(18)10(2)15-14(19)11-7-5-4-6-8-11/h4-8,10,12,17H,3,9H2,1-2H3,(H,15,19)(H,16,18)/t10?,12-/m1/s1. The number of hydrogen-bond acceptors (Lipinski definition) is 3. The van der Waals surface area contributed by atoms with Crippen LogP contribution in [-0.4, -0.2) is 35.6 Å². The van der Waals surface area contributed by atoms with Gasteiger partial charge in [-0.05, 0) is 25.5 Å². The molecule has 0 spiro atoms. The van der Waals surface area contributed by atoms with Crippen LogP contribution < -0.4 is 10.6 Å². The Kier molecular flexibility index (Phi) is 6.02. The predicted molar refractivity (Wildman–Crippen MR) is 72.7 cm³/mol. The number of nitrogens with one attached hydrogen (secondary N) is 2. The highest BCUT2D eigenvalue weighted by Gasteiger charge is 2.18. The van der Waals surface area contributed by atoms with E-state index < -0.39 is 6.04 Å². The molecule has 1 aromatic carbocycles. The number of carbonyl (C=O) groups is 2. The molecule has 0 bridgehead atoms. The van der Waals surface area contributed by atoms with Crippen molar-refractivity contribution in [2.75, 3.05) is 6.61 Å². The summed E-state index contributed by atoms with van der Waals surface area (Å²) >= 11 is 0. The van der Waals surface area contributed by atoms with Crippen molar-refractivity contribution in [3.05, 3.63) is 35.9 Å². The average Bonchev–Trinajstić information content (AvgIpc) is 2.45. The molecule has 19 heavy (non-hydrogen) atoms. The Morgan fingerprint density at radius 3 is 2.37 bits per heavy atom. The highest BCUT2D eigenvalue weighted by molar-refractivity contribution is 5.97. The maximum Gasteiger partial charge on any atom is 0.251 e. The normalized spacial score (nSPS) is 13.4. The summed E-state index contributed by atoms with van der Waals surface area (Å²) in [6.45, 7) is 3.37. The van der Waals surface area contributed by atoms with Crippen molar-refractivity contribution in [1.29, 1.82) is 0 Å². The first kappa shape index (κ1) is 15.2. The molecule has 0 aliphatic rings. The second-order valence-corrected chi connectivity index (χ2v) is 4.36. The molecule has 0 heterocycles. The van der Waals surface area contributed by atoms with Crippen LogP contribution >= 0.6 is 0 Å². The van der Waals surface area contributed by atoms with Crippen molar-refractivity contribution in [2.24, 2.45) is 0 Å². The van der Waals surface area contributed by atoms with E-state index in [0.717, 1.165) is 0 Å². The van der Waals surface area contributed by atoms with Crippen molar-refractivity contribution < 1.29 is 14.7 Å². The lowest BCUT2D eigenvalue weighted by Gasteiger charge is -2.18. The molecular formula is C14H20N2O3. The highest BCUT2D eigenvalue weighted by Crippen LogP contribution is 1.99. The minimum atomic E-state index is -0.645. The van der Waals surface area contributed by atoms with Gasteiger partial charge in [0.15, 0.2) is 0 Å². The molecule has 0 aromatic heterocycles. The van der Waals surface area contributed by atoms with E-state index in [1.807, 2.05) is 13.0 Å². The number of hydrogen-bond donors (Lipinski definition) is 3. The van der Waals surface area contributed by atoms with Gasteiger partial charge in [-0.2, -0.15) is 0 Å². The van der Waals surface area contributed by atoms with Crippen molar-refractivity contribution in [3.8, 4) is 0 Å². The third-order valence-electron chi connectivity index (χ3n) is 2.84. The van der Waals surface area contributed by atoms with E-state index in [0.29, 0.717) is 12.0 Å². The summed E-state index contributed by atoms with van der Waals surface area (Å²) in [6.07, 6.45) is 0.640. The molecule has 5 nitrogen and oxygen atoms in total. The molecule has 0 saturated carbocycles. The minimum Gasteiger partial charge on any atom is -0.394 e. The van der Waals surface area contributed by atoms with Crippen molar-refractivity contribution >= 4 is 11.8 Å². The van der Waals surface area contributed by atoms with Crippen molar-refractivity contribution in [3.63, 3.8) is 0 Å². The van der Waals surface area contributed by atoms with Gasteiger partial charge in [-0.25, -0.2) is 0 Å². The zero-order valence-electron chi connectivity index (χ0n) is 11.2. The predicted octanol–water partition coefficient (Wildman–Crippen LogP) is 0.692. The summed E-state index contributed by atoms with van der Waals surface area (Å²) in [5, 5.41) is 14.3. The molecule has 5 heteroatoms. The van der Waals surface area contributed by atoms with Gasteiger partial charge in [-0.15, -0.1) is 0 Å². The molecule has 0 saturated heterocycles. The van der Waals surface area contributed by atoms with Crippen LogP contribution in [0.5, 0.6) is 0 Å². The van der Waals surface area contributed by atoms with Gasteiger partial charge >= 0.3 is 0 Å². The number of aliphatic hydroxyl groups is 1. The Balaban J connectivity index is 2.52. The lowest BCUT2D eigenvalue weighted by atomic mass is 10.2. The van der Waals surface area contributed by atoms with Crippen LogP contribution in [0.2, 0.25) is 0 Å². The maximum absolute atomic E-state index is 11.8. The lowest BCUT2D eigenvalue weighted by molar-refractivity contribution is -0.123. The molecule has 104 valence electrons. The Morgan fingerprint density at radius 2 is 1.84 bits per heavy atom. The van der Waals surface area contributed by atoms with Crippen molar-refractivity contribution in [1.82, 2.24) is 10.6 Å². The van der Waals surface area contributed by atoms with Crippen LogP contribution in [0.3, 0.4) is 0 Å². The molecule has 0 aliphatic carbocycles. The van der Waals surface area contributed by atoms with Gasteiger partial charge in [0.25, 0.3) is 5.91 Å². The molecule has 2 amide bonds. The molecule has 0 aliphatic heterocycles. The zero-order valence-corrected chi connectivity index (χ0v) is 11.2. The maximum atomic E-state index is 11.8. The fourth-order valence-corrected chi connectivity index (χ4v) is 1.54. The SMILES string of the molecule is CC[C@H](CO)NC(=O)C(C)NC(=O)c1ccccc1. The molecule has 1 unspecified atom stereocenters. The van der Waals surface area contributed by atoms with Gasteiger partial charge in [0.05, 0.1) is 12.6 Å². The summed E-state index contributed by atoms with van der Waals surface area (Å²) in [6, 6.07) is 7.79. The van der Waals surface area contributed by atoms with Gasteiger partial charge in [-0.3, -0.25) is 9.59 Å². The van der Waals surface area contributed by atoms with E-state index in [1.165, 1.54) is 0 Å². The summed E-state index contributed by atoms with van der Waals surface area (Å²) in [5.74, 6) is -0.592. The Labute approximate surface area is 113 Å². The third-order valence-corrected chi connectivity index (χ3v) is 2.84. The Hall–Kier alpha value is -1.88. The van der Waals surface area contributed by atoms with Gasteiger partial charge in [0.1, 0.15) is 6.04 Å². The topological polar surface area (TPSA) is 78.4 Å². The first-order chi connectivity index (χ1) is 9.08. The summed E-state index contributed by atoms with van der Waals surface area (Å²) in [4.78, 5) is 23.6. The number of amides is 2. The molecule has 0 radical (unpaired) electrons. The Morgan fingerprint density at radius 1 is 1.21 bits per heavy atom. The number of rotatable bonds is 6. The summed E-state index contributed by atoms with van der Waals surface area (Å²) in [5.41, 5.74) is 0.511. The Bertz CT molecular complexity index is 416. The highest BCUT2D eigenvalue weighted by atomic mass is 16.3. The zero-order chi connectivity index (χ0) is 14.3. The van der Waals surface area contributed by atoms with Crippen LogP contribution in [0.4, 0.5) is 0 Å². The van der Waals surface area contributed by atoms with E-state index in [2.05, 4.69) is 10.6 Å². The molecular weight excluding hydrogens is 244 g/mol. The van der Waals surface area contributed by atoms with Gasteiger partial charge < -0.3 is 15.7 Å². The van der Waals surface area contributed by atoms with Crippen LogP contribution in [-0.2, 0) is 4.79 Å². The van der Waals surface area contributed by atoms with E-state index in [4.69, 9.17) is 5.11 Å². The monoisotopic (exact) mass is 264 g/mol. The van der Waals surface area contributed by atoms with E-state index in [1.54, 1.807) is 31.2 Å². The molecule has 2 atom stereocenters. The summed E-state index contributed by atoms with van der Waals surface area (Å²) in [7, 11) is 0. The molecule has 3 N–H and O–H groups in total. The van der Waals surface area contributed by atoms with Crippen LogP contribution in [0.1, 0.15) is 30.6 Å². The largest absolute Gasteiger partial charge is 0.394 e. The van der Waals surface area contributed by atoms with Gasteiger partial charge in [-0.1, -0.05) is 25.1 Å². The number of benzene rings is 1. The average molecular weight is 264 g/mol. The molecule has 0 fully saturated rings. The minimum absolute atomic E-state index is 0.110. The van der Waals surface area contributed by atoms with E-state index >= 15 is 0 Å². The second kappa shape index (κ2) is 7.53. The number of aliphatic hydroxyl groups excluding tert-OH is 1. The smallest absolute Gasteiger partial charge is 0.251 e. The third kappa shape index (κ3) is 4.71. The first-order valence-corrected chi connectivity index (χ1v) is 6.35. The van der Waals surface area contributed by atoms with E-state index in [-0.39, 0.29) is 24.5 Å². The van der Waals surface area contributed by atoms with E-state index in [9.17, 15) is 9.59 Å². The number of carbonyl (C=O) groups excluding carboxylic acids is 2.